The van der Waals surface area contributed by atoms with Crippen LogP contribution in [0.15, 0.2) is 4.79 Å². The highest BCUT2D eigenvalue weighted by molar-refractivity contribution is 5.21. The van der Waals surface area contributed by atoms with Crippen LogP contribution in [-0.4, -0.2) is 16.5 Å². The Labute approximate surface area is 101 Å². The lowest BCUT2D eigenvalue weighted by Crippen LogP contribution is -2.32. The Morgan fingerprint density at radius 1 is 1.18 bits per heavy atom. The van der Waals surface area contributed by atoms with Gasteiger partial charge in [0, 0.05) is 25.4 Å². The first kappa shape index (κ1) is 11.0. The molecule has 2 aliphatic rings. The van der Waals surface area contributed by atoms with Crippen LogP contribution in [0.25, 0.3) is 0 Å². The standard InChI is InChI=1S/C13H19N3O/c17-13-10-8-14-7-6-11(10)15-12(16-13)9-4-2-1-3-5-9/h9,14H,1-8H2,(H,15,16,17). The van der Waals surface area contributed by atoms with E-state index in [1.165, 1.54) is 32.1 Å². The Kier molecular flexibility index (Phi) is 2.97. The number of aromatic nitrogens is 2. The SMILES string of the molecule is O=c1[nH]c(C2CCCCC2)nc2c1CNCC2. The van der Waals surface area contributed by atoms with E-state index in [2.05, 4.69) is 10.3 Å². The van der Waals surface area contributed by atoms with Gasteiger partial charge in [0.15, 0.2) is 0 Å². The molecule has 0 bridgehead atoms. The third-order valence-electron chi connectivity index (χ3n) is 3.95. The van der Waals surface area contributed by atoms with Crippen molar-refractivity contribution in [3.05, 3.63) is 27.4 Å². The third kappa shape index (κ3) is 2.14. The van der Waals surface area contributed by atoms with E-state index in [1.54, 1.807) is 0 Å². The molecule has 92 valence electrons. The number of rotatable bonds is 1. The molecule has 2 heterocycles. The van der Waals surface area contributed by atoms with Crippen molar-refractivity contribution in [3.63, 3.8) is 0 Å². The van der Waals surface area contributed by atoms with Crippen molar-refractivity contribution in [1.29, 1.82) is 0 Å². The van der Waals surface area contributed by atoms with Crippen molar-refractivity contribution in [3.8, 4) is 0 Å². The number of H-pyrrole nitrogens is 1. The molecule has 17 heavy (non-hydrogen) atoms. The Morgan fingerprint density at radius 2 is 2.00 bits per heavy atom. The normalized spacial score (nSPS) is 21.2. The van der Waals surface area contributed by atoms with Gasteiger partial charge in [-0.05, 0) is 12.8 Å². The maximum Gasteiger partial charge on any atom is 0.255 e. The number of nitrogens with zero attached hydrogens (tertiary/aromatic N) is 1. The first-order valence-electron chi connectivity index (χ1n) is 6.67. The molecule has 2 N–H and O–H groups in total. The lowest BCUT2D eigenvalue weighted by molar-refractivity contribution is 0.425. The summed E-state index contributed by atoms with van der Waals surface area (Å²) in [5, 5.41) is 3.22. The number of nitrogens with one attached hydrogen (secondary N) is 2. The molecule has 0 amide bonds. The summed E-state index contributed by atoms with van der Waals surface area (Å²) >= 11 is 0. The summed E-state index contributed by atoms with van der Waals surface area (Å²) in [4.78, 5) is 19.7. The van der Waals surface area contributed by atoms with Crippen molar-refractivity contribution >= 4 is 0 Å². The predicted molar refractivity (Wildman–Crippen MR) is 66.1 cm³/mol. The lowest BCUT2D eigenvalue weighted by Gasteiger charge is -2.23. The highest BCUT2D eigenvalue weighted by Crippen LogP contribution is 2.30. The molecule has 0 atom stereocenters. The van der Waals surface area contributed by atoms with Crippen LogP contribution in [0, 0.1) is 0 Å². The van der Waals surface area contributed by atoms with Gasteiger partial charge >= 0.3 is 0 Å². The van der Waals surface area contributed by atoms with Crippen LogP contribution in [-0.2, 0) is 13.0 Å². The van der Waals surface area contributed by atoms with Gasteiger partial charge in [0.1, 0.15) is 5.82 Å². The summed E-state index contributed by atoms with van der Waals surface area (Å²) in [6.45, 7) is 1.61. The highest BCUT2D eigenvalue weighted by atomic mass is 16.1. The van der Waals surface area contributed by atoms with Crippen molar-refractivity contribution in [2.45, 2.75) is 51.0 Å². The van der Waals surface area contributed by atoms with Crippen molar-refractivity contribution in [2.75, 3.05) is 6.54 Å². The van der Waals surface area contributed by atoms with Crippen molar-refractivity contribution in [2.24, 2.45) is 0 Å². The predicted octanol–water partition coefficient (Wildman–Crippen LogP) is 1.46. The van der Waals surface area contributed by atoms with E-state index in [4.69, 9.17) is 4.98 Å². The smallest absolute Gasteiger partial charge is 0.255 e. The largest absolute Gasteiger partial charge is 0.312 e. The number of aromatic amines is 1. The molecule has 1 saturated carbocycles. The third-order valence-corrected chi connectivity index (χ3v) is 3.95. The topological polar surface area (TPSA) is 57.8 Å². The molecular weight excluding hydrogens is 214 g/mol. The average Bonchev–Trinajstić information content (AvgIpc) is 2.40. The summed E-state index contributed by atoms with van der Waals surface area (Å²) in [5.74, 6) is 1.42. The monoisotopic (exact) mass is 233 g/mol. The lowest BCUT2D eigenvalue weighted by atomic mass is 9.88. The molecule has 4 heteroatoms. The maximum absolute atomic E-state index is 12.0. The van der Waals surface area contributed by atoms with Crippen LogP contribution in [0.3, 0.4) is 0 Å². The van der Waals surface area contributed by atoms with E-state index in [9.17, 15) is 4.79 Å². The highest BCUT2D eigenvalue weighted by Gasteiger charge is 2.21. The Hall–Kier alpha value is -1.16. The zero-order chi connectivity index (χ0) is 11.7. The fourth-order valence-electron chi connectivity index (χ4n) is 2.94. The first-order chi connectivity index (χ1) is 8.34. The van der Waals surface area contributed by atoms with Crippen LogP contribution in [0.2, 0.25) is 0 Å². The fourth-order valence-corrected chi connectivity index (χ4v) is 2.94. The summed E-state index contributed by atoms with van der Waals surface area (Å²) in [7, 11) is 0. The summed E-state index contributed by atoms with van der Waals surface area (Å²) in [6, 6.07) is 0. The van der Waals surface area contributed by atoms with Crippen LogP contribution < -0.4 is 10.9 Å². The fraction of sp³-hybridized carbons (Fsp3) is 0.692. The van der Waals surface area contributed by atoms with E-state index in [1.807, 2.05) is 0 Å². The van der Waals surface area contributed by atoms with E-state index in [-0.39, 0.29) is 5.56 Å². The van der Waals surface area contributed by atoms with Crippen LogP contribution in [0.1, 0.15) is 55.1 Å². The molecule has 3 rings (SSSR count). The summed E-state index contributed by atoms with van der Waals surface area (Å²) in [5.41, 5.74) is 1.94. The van der Waals surface area contributed by atoms with E-state index in [0.717, 1.165) is 30.0 Å². The molecular formula is C13H19N3O. The van der Waals surface area contributed by atoms with Gasteiger partial charge in [-0.1, -0.05) is 19.3 Å². The van der Waals surface area contributed by atoms with E-state index < -0.39 is 0 Å². The minimum Gasteiger partial charge on any atom is -0.312 e. The number of hydrogen-bond donors (Lipinski definition) is 2. The van der Waals surface area contributed by atoms with Gasteiger partial charge in [0.05, 0.1) is 11.3 Å². The van der Waals surface area contributed by atoms with Gasteiger partial charge in [0.2, 0.25) is 0 Å². The minimum atomic E-state index is 0.0720. The maximum atomic E-state index is 12.0. The van der Waals surface area contributed by atoms with Crippen LogP contribution >= 0.6 is 0 Å². The molecule has 0 saturated heterocycles. The van der Waals surface area contributed by atoms with Crippen molar-refractivity contribution in [1.82, 2.24) is 15.3 Å². The zero-order valence-electron chi connectivity index (χ0n) is 10.1. The second kappa shape index (κ2) is 4.61. The van der Waals surface area contributed by atoms with E-state index in [0.29, 0.717) is 12.5 Å². The molecule has 0 spiro atoms. The van der Waals surface area contributed by atoms with Gasteiger partial charge in [0.25, 0.3) is 5.56 Å². The first-order valence-corrected chi connectivity index (χ1v) is 6.67. The summed E-state index contributed by atoms with van der Waals surface area (Å²) < 4.78 is 0. The molecule has 1 aromatic rings. The quantitative estimate of drug-likeness (QED) is 0.772. The molecule has 0 radical (unpaired) electrons. The van der Waals surface area contributed by atoms with Gasteiger partial charge < -0.3 is 10.3 Å². The van der Waals surface area contributed by atoms with Gasteiger partial charge in [-0.15, -0.1) is 0 Å². The van der Waals surface area contributed by atoms with Gasteiger partial charge in [-0.25, -0.2) is 4.98 Å². The van der Waals surface area contributed by atoms with E-state index >= 15 is 0 Å². The molecule has 1 aromatic heterocycles. The molecule has 1 aliphatic heterocycles. The molecule has 0 unspecified atom stereocenters. The number of fused-ring (bicyclic) bond motifs is 1. The second-order valence-corrected chi connectivity index (χ2v) is 5.14. The Morgan fingerprint density at radius 3 is 2.82 bits per heavy atom. The summed E-state index contributed by atoms with van der Waals surface area (Å²) in [6.07, 6.45) is 7.12. The number of hydrogen-bond acceptors (Lipinski definition) is 3. The Balaban J connectivity index is 1.95. The molecule has 1 fully saturated rings. The average molecular weight is 233 g/mol. The van der Waals surface area contributed by atoms with Crippen LogP contribution in [0.4, 0.5) is 0 Å². The van der Waals surface area contributed by atoms with Crippen LogP contribution in [0.5, 0.6) is 0 Å². The second-order valence-electron chi connectivity index (χ2n) is 5.14. The zero-order valence-corrected chi connectivity index (χ0v) is 10.1. The van der Waals surface area contributed by atoms with Gasteiger partial charge in [-0.3, -0.25) is 4.79 Å². The molecule has 0 aromatic carbocycles. The Bertz CT molecular complexity index is 460. The molecule has 1 aliphatic carbocycles. The molecule has 4 nitrogen and oxygen atoms in total. The minimum absolute atomic E-state index is 0.0720. The van der Waals surface area contributed by atoms with Gasteiger partial charge in [-0.2, -0.15) is 0 Å². The van der Waals surface area contributed by atoms with Crippen molar-refractivity contribution < 1.29 is 0 Å².